The number of benzene rings is 2. The van der Waals surface area contributed by atoms with E-state index < -0.39 is 10.0 Å². The first-order valence-corrected chi connectivity index (χ1v) is 10.9. The number of nitrogens with zero attached hydrogens (tertiary/aromatic N) is 2. The Balaban J connectivity index is 0.00000225. The molecule has 2 aliphatic rings. The Hall–Kier alpha value is -1.38. The fourth-order valence-electron chi connectivity index (χ4n) is 3.41. The molecule has 0 aromatic heterocycles. The highest BCUT2D eigenvalue weighted by atomic mass is 35.5. The molecule has 152 valence electrons. The number of piperazine rings is 1. The molecule has 4 rings (SSSR count). The number of rotatable bonds is 3. The minimum atomic E-state index is -3.87. The average molecular weight is 465 g/mol. The molecule has 28 heavy (non-hydrogen) atoms. The van der Waals surface area contributed by atoms with Gasteiger partial charge >= 0.3 is 0 Å². The summed E-state index contributed by atoms with van der Waals surface area (Å²) in [5.41, 5.74) is 1.43. The number of sulfonamides is 1. The van der Waals surface area contributed by atoms with Crippen LogP contribution in [0.1, 0.15) is 0 Å². The lowest BCUT2D eigenvalue weighted by atomic mass is 10.2. The first-order valence-electron chi connectivity index (χ1n) is 8.68. The van der Waals surface area contributed by atoms with Gasteiger partial charge in [0.25, 0.3) is 10.0 Å². The van der Waals surface area contributed by atoms with Gasteiger partial charge in [0.15, 0.2) is 5.75 Å². The Morgan fingerprint density at radius 3 is 2.39 bits per heavy atom. The van der Waals surface area contributed by atoms with Gasteiger partial charge in [0, 0.05) is 26.2 Å². The van der Waals surface area contributed by atoms with Crippen LogP contribution in [0.15, 0.2) is 41.3 Å². The van der Waals surface area contributed by atoms with E-state index in [1.807, 2.05) is 12.1 Å². The fraction of sp³-hybridized carbons (Fsp3) is 0.333. The van der Waals surface area contributed by atoms with Crippen molar-refractivity contribution in [1.82, 2.24) is 5.32 Å². The van der Waals surface area contributed by atoms with Crippen LogP contribution in [0.25, 0.3) is 0 Å². The number of para-hydroxylation sites is 1. The van der Waals surface area contributed by atoms with E-state index in [4.69, 9.17) is 27.9 Å². The second-order valence-corrected chi connectivity index (χ2v) is 8.96. The van der Waals surface area contributed by atoms with Crippen LogP contribution >= 0.6 is 35.6 Å². The van der Waals surface area contributed by atoms with Crippen LogP contribution in [0, 0.1) is 0 Å². The quantitative estimate of drug-likeness (QED) is 0.754. The van der Waals surface area contributed by atoms with Gasteiger partial charge in [0.2, 0.25) is 0 Å². The summed E-state index contributed by atoms with van der Waals surface area (Å²) < 4.78 is 33.9. The molecular weight excluding hydrogens is 445 g/mol. The van der Waals surface area contributed by atoms with Crippen LogP contribution in [0.3, 0.4) is 0 Å². The van der Waals surface area contributed by atoms with Gasteiger partial charge in [-0.05, 0) is 24.3 Å². The summed E-state index contributed by atoms with van der Waals surface area (Å²) in [6.07, 6.45) is 0. The maximum atomic E-state index is 13.3. The average Bonchev–Trinajstić information content (AvgIpc) is 2.69. The fourth-order valence-corrected chi connectivity index (χ4v) is 5.61. The Labute approximate surface area is 180 Å². The lowest BCUT2D eigenvalue weighted by Gasteiger charge is -2.36. The highest BCUT2D eigenvalue weighted by Gasteiger charge is 2.34. The highest BCUT2D eigenvalue weighted by Crippen LogP contribution is 2.43. The minimum absolute atomic E-state index is 0. The third-order valence-electron chi connectivity index (χ3n) is 4.72. The van der Waals surface area contributed by atoms with Crippen molar-refractivity contribution in [3.8, 4) is 5.75 Å². The van der Waals surface area contributed by atoms with E-state index >= 15 is 0 Å². The Bertz CT molecular complexity index is 966. The van der Waals surface area contributed by atoms with Gasteiger partial charge in [-0.15, -0.1) is 12.4 Å². The zero-order valence-electron chi connectivity index (χ0n) is 14.9. The summed E-state index contributed by atoms with van der Waals surface area (Å²) in [5, 5.41) is 3.56. The number of ether oxygens (including phenoxy) is 1. The van der Waals surface area contributed by atoms with Crippen LogP contribution in [-0.2, 0) is 10.0 Å². The normalized spacial score (nSPS) is 16.8. The first-order chi connectivity index (χ1) is 13.0. The lowest BCUT2D eigenvalue weighted by Crippen LogP contribution is -2.44. The highest BCUT2D eigenvalue weighted by molar-refractivity contribution is 7.93. The molecule has 0 aliphatic carbocycles. The molecule has 2 aromatic rings. The van der Waals surface area contributed by atoms with Gasteiger partial charge in [-0.3, -0.25) is 4.31 Å². The molecule has 6 nitrogen and oxygen atoms in total. The van der Waals surface area contributed by atoms with Crippen molar-refractivity contribution in [1.29, 1.82) is 0 Å². The molecule has 0 bridgehead atoms. The largest absolute Gasteiger partial charge is 0.487 e. The Morgan fingerprint density at radius 2 is 1.64 bits per heavy atom. The number of nitrogens with one attached hydrogen (secondary N) is 1. The summed E-state index contributed by atoms with van der Waals surface area (Å²) in [6.45, 7) is 3.92. The van der Waals surface area contributed by atoms with Crippen LogP contribution in [0.2, 0.25) is 10.0 Å². The number of hydrogen-bond acceptors (Lipinski definition) is 5. The molecule has 2 aromatic carbocycles. The van der Waals surface area contributed by atoms with E-state index in [9.17, 15) is 8.42 Å². The van der Waals surface area contributed by atoms with E-state index in [1.165, 1.54) is 10.4 Å². The molecule has 0 amide bonds. The molecule has 0 atom stereocenters. The van der Waals surface area contributed by atoms with Gasteiger partial charge < -0.3 is 15.0 Å². The SMILES string of the molecule is Cl.O=S(=O)(c1cccc(Cl)c1Cl)N1CCOc2c(N3CCNCC3)cccc21. The molecule has 1 N–H and O–H groups in total. The molecule has 2 aliphatic heterocycles. The number of halogens is 3. The topological polar surface area (TPSA) is 61.9 Å². The van der Waals surface area contributed by atoms with Crippen molar-refractivity contribution in [2.45, 2.75) is 4.90 Å². The van der Waals surface area contributed by atoms with Crippen LogP contribution in [-0.4, -0.2) is 47.7 Å². The summed E-state index contributed by atoms with van der Waals surface area (Å²) in [6, 6.07) is 10.2. The Kier molecular flexibility index (Phi) is 6.51. The maximum absolute atomic E-state index is 13.3. The molecule has 2 heterocycles. The van der Waals surface area contributed by atoms with Crippen molar-refractivity contribution in [3.63, 3.8) is 0 Å². The summed E-state index contributed by atoms with van der Waals surface area (Å²) in [4.78, 5) is 2.20. The first kappa shape index (κ1) is 21.3. The van der Waals surface area contributed by atoms with Gasteiger partial charge in [0.05, 0.1) is 28.0 Å². The van der Waals surface area contributed by atoms with Crippen molar-refractivity contribution in [2.75, 3.05) is 48.5 Å². The third kappa shape index (κ3) is 3.74. The molecule has 10 heteroatoms. The summed E-state index contributed by atoms with van der Waals surface area (Å²) >= 11 is 12.2. The number of hydrogen-bond donors (Lipinski definition) is 1. The van der Waals surface area contributed by atoms with Crippen LogP contribution < -0.4 is 19.3 Å². The molecule has 1 fully saturated rings. The van der Waals surface area contributed by atoms with E-state index in [0.717, 1.165) is 31.9 Å². The second-order valence-electron chi connectivity index (χ2n) is 6.34. The van der Waals surface area contributed by atoms with Crippen molar-refractivity contribution < 1.29 is 13.2 Å². The third-order valence-corrected chi connectivity index (χ3v) is 7.51. The van der Waals surface area contributed by atoms with E-state index in [2.05, 4.69) is 10.2 Å². The van der Waals surface area contributed by atoms with Crippen LogP contribution in [0.5, 0.6) is 5.75 Å². The molecule has 0 spiro atoms. The molecule has 0 unspecified atom stereocenters. The standard InChI is InChI=1S/C18H19Cl2N3O3S.ClH/c19-13-3-1-6-16(17(13)20)27(24,25)23-11-12-26-18-14(4-2-5-15(18)23)22-9-7-21-8-10-22;/h1-6,21H,7-12H2;1H. The van der Waals surface area contributed by atoms with Crippen molar-refractivity contribution >= 4 is 57.0 Å². The second kappa shape index (κ2) is 8.55. The van der Waals surface area contributed by atoms with Crippen molar-refractivity contribution in [2.24, 2.45) is 0 Å². The van der Waals surface area contributed by atoms with Crippen LogP contribution in [0.4, 0.5) is 11.4 Å². The van der Waals surface area contributed by atoms with Gasteiger partial charge in [-0.25, -0.2) is 8.42 Å². The smallest absolute Gasteiger partial charge is 0.266 e. The van der Waals surface area contributed by atoms with E-state index in [0.29, 0.717) is 11.4 Å². The lowest BCUT2D eigenvalue weighted by molar-refractivity contribution is 0.315. The minimum Gasteiger partial charge on any atom is -0.487 e. The molecule has 0 radical (unpaired) electrons. The Morgan fingerprint density at radius 1 is 0.964 bits per heavy atom. The van der Waals surface area contributed by atoms with E-state index in [-0.39, 0.29) is 40.5 Å². The maximum Gasteiger partial charge on any atom is 0.266 e. The zero-order chi connectivity index (χ0) is 19.0. The van der Waals surface area contributed by atoms with Gasteiger partial charge in [-0.1, -0.05) is 35.3 Å². The van der Waals surface area contributed by atoms with E-state index in [1.54, 1.807) is 18.2 Å². The van der Waals surface area contributed by atoms with Gasteiger partial charge in [-0.2, -0.15) is 0 Å². The summed E-state index contributed by atoms with van der Waals surface area (Å²) in [5.74, 6) is 0.590. The van der Waals surface area contributed by atoms with Gasteiger partial charge in [0.1, 0.15) is 11.5 Å². The number of anilines is 2. The molecular formula is C18H20Cl3N3O3S. The predicted molar refractivity (Wildman–Crippen MR) is 115 cm³/mol. The monoisotopic (exact) mass is 463 g/mol. The zero-order valence-corrected chi connectivity index (χ0v) is 18.0. The predicted octanol–water partition coefficient (Wildman–Crippen LogP) is 3.41. The molecule has 0 saturated carbocycles. The molecule has 1 saturated heterocycles. The number of fused-ring (bicyclic) bond motifs is 1. The van der Waals surface area contributed by atoms with Crippen molar-refractivity contribution in [3.05, 3.63) is 46.4 Å². The summed E-state index contributed by atoms with van der Waals surface area (Å²) in [7, 11) is -3.87.